The molecule has 29 heavy (non-hydrogen) atoms. The molecular formula is C22H19N3O4. The second-order valence-corrected chi connectivity index (χ2v) is 6.75. The Kier molecular flexibility index (Phi) is 5.20. The molecule has 0 fully saturated rings. The van der Waals surface area contributed by atoms with E-state index in [0.717, 1.165) is 22.3 Å². The third kappa shape index (κ3) is 3.94. The van der Waals surface area contributed by atoms with Crippen LogP contribution in [0.5, 0.6) is 0 Å². The smallest absolute Gasteiger partial charge is 0.407 e. The van der Waals surface area contributed by atoms with E-state index in [-0.39, 0.29) is 18.9 Å². The molecule has 1 aliphatic carbocycles. The molecule has 2 N–H and O–H groups in total. The van der Waals surface area contributed by atoms with Crippen LogP contribution in [0, 0.1) is 0 Å². The highest BCUT2D eigenvalue weighted by Crippen LogP contribution is 2.44. The van der Waals surface area contributed by atoms with Crippen molar-refractivity contribution in [2.24, 2.45) is 0 Å². The number of fused-ring (bicyclic) bond motifs is 3. The number of aromatic nitrogens is 2. The molecule has 1 amide bonds. The predicted molar refractivity (Wildman–Crippen MR) is 105 cm³/mol. The van der Waals surface area contributed by atoms with E-state index in [0.29, 0.717) is 5.69 Å². The molecule has 0 saturated heterocycles. The van der Waals surface area contributed by atoms with Crippen LogP contribution >= 0.6 is 0 Å². The number of benzene rings is 2. The number of rotatable bonds is 6. The molecule has 7 nitrogen and oxygen atoms in total. The van der Waals surface area contributed by atoms with Crippen molar-refractivity contribution in [1.29, 1.82) is 0 Å². The summed E-state index contributed by atoms with van der Waals surface area (Å²) in [7, 11) is 0. The van der Waals surface area contributed by atoms with Crippen LogP contribution in [0.2, 0.25) is 0 Å². The minimum atomic E-state index is -1.06. The highest BCUT2D eigenvalue weighted by molar-refractivity contribution is 5.79. The van der Waals surface area contributed by atoms with Crippen molar-refractivity contribution in [1.82, 2.24) is 15.3 Å². The van der Waals surface area contributed by atoms with E-state index in [1.54, 1.807) is 0 Å². The van der Waals surface area contributed by atoms with Crippen molar-refractivity contribution in [3.63, 3.8) is 0 Å². The van der Waals surface area contributed by atoms with Gasteiger partial charge in [0.15, 0.2) is 0 Å². The molecule has 3 aromatic rings. The summed E-state index contributed by atoms with van der Waals surface area (Å²) in [5, 5.41) is 11.7. The first-order valence-corrected chi connectivity index (χ1v) is 9.22. The molecule has 1 heterocycles. The van der Waals surface area contributed by atoms with Crippen LogP contribution in [-0.2, 0) is 9.53 Å². The molecule has 146 valence electrons. The SMILES string of the molecule is O=C(O)C[C@@H](NC(=O)OCC1c2ccccc2-c2ccccc21)c1cnccn1. The number of carbonyl (C=O) groups excluding carboxylic acids is 1. The van der Waals surface area contributed by atoms with Crippen LogP contribution in [0.4, 0.5) is 4.79 Å². The average Bonchev–Trinajstić information content (AvgIpc) is 3.06. The molecular weight excluding hydrogens is 370 g/mol. The molecule has 1 aliphatic rings. The summed E-state index contributed by atoms with van der Waals surface area (Å²) in [4.78, 5) is 31.6. The van der Waals surface area contributed by atoms with Crippen molar-refractivity contribution in [2.45, 2.75) is 18.4 Å². The van der Waals surface area contributed by atoms with E-state index >= 15 is 0 Å². The Labute approximate surface area is 167 Å². The maximum absolute atomic E-state index is 12.4. The fourth-order valence-corrected chi connectivity index (χ4v) is 3.68. The molecule has 0 bridgehead atoms. The molecule has 7 heteroatoms. The second kappa shape index (κ2) is 8.10. The topological polar surface area (TPSA) is 101 Å². The maximum Gasteiger partial charge on any atom is 0.407 e. The first-order valence-electron chi connectivity index (χ1n) is 9.22. The maximum atomic E-state index is 12.4. The number of carboxylic acids is 1. The molecule has 2 aromatic carbocycles. The van der Waals surface area contributed by atoms with Crippen molar-refractivity contribution in [2.75, 3.05) is 6.61 Å². The Morgan fingerprint density at radius 3 is 2.28 bits per heavy atom. The van der Waals surface area contributed by atoms with E-state index < -0.39 is 18.1 Å². The molecule has 0 spiro atoms. The zero-order chi connectivity index (χ0) is 20.2. The van der Waals surface area contributed by atoms with Crippen molar-refractivity contribution >= 4 is 12.1 Å². The Hall–Kier alpha value is -3.74. The highest BCUT2D eigenvalue weighted by atomic mass is 16.5. The summed E-state index contributed by atoms with van der Waals surface area (Å²) in [5.74, 6) is -1.12. The number of amides is 1. The Morgan fingerprint density at radius 1 is 1.03 bits per heavy atom. The van der Waals surface area contributed by atoms with Crippen LogP contribution in [0.25, 0.3) is 11.1 Å². The van der Waals surface area contributed by atoms with Gasteiger partial charge in [-0.25, -0.2) is 4.79 Å². The number of ether oxygens (including phenoxy) is 1. The first kappa shape index (κ1) is 18.6. The van der Waals surface area contributed by atoms with Gasteiger partial charge in [0.2, 0.25) is 0 Å². The number of hydrogen-bond acceptors (Lipinski definition) is 5. The predicted octanol–water partition coefficient (Wildman–Crippen LogP) is 3.53. The largest absolute Gasteiger partial charge is 0.481 e. The van der Waals surface area contributed by atoms with Crippen LogP contribution in [0.1, 0.15) is 35.2 Å². The van der Waals surface area contributed by atoms with Crippen LogP contribution in [0.15, 0.2) is 67.1 Å². The monoisotopic (exact) mass is 389 g/mol. The molecule has 4 rings (SSSR count). The van der Waals surface area contributed by atoms with E-state index in [4.69, 9.17) is 9.84 Å². The Bertz CT molecular complexity index is 993. The molecule has 0 unspecified atom stereocenters. The molecule has 1 aromatic heterocycles. The lowest BCUT2D eigenvalue weighted by Gasteiger charge is -2.18. The zero-order valence-corrected chi connectivity index (χ0v) is 15.5. The summed E-state index contributed by atoms with van der Waals surface area (Å²) in [6.07, 6.45) is 3.35. The normalized spacial score (nSPS) is 13.2. The van der Waals surface area contributed by atoms with E-state index in [1.807, 2.05) is 36.4 Å². The average molecular weight is 389 g/mol. The van der Waals surface area contributed by atoms with Gasteiger partial charge in [0.1, 0.15) is 6.61 Å². The summed E-state index contributed by atoms with van der Waals surface area (Å²) < 4.78 is 5.48. The molecule has 0 saturated carbocycles. The van der Waals surface area contributed by atoms with E-state index in [1.165, 1.54) is 18.6 Å². The highest BCUT2D eigenvalue weighted by Gasteiger charge is 2.29. The summed E-state index contributed by atoms with van der Waals surface area (Å²) in [6.45, 7) is 0.153. The van der Waals surface area contributed by atoms with Crippen LogP contribution < -0.4 is 5.32 Å². The number of nitrogens with one attached hydrogen (secondary N) is 1. The van der Waals surface area contributed by atoms with Gasteiger partial charge in [-0.3, -0.25) is 14.8 Å². The minimum absolute atomic E-state index is 0.0670. The van der Waals surface area contributed by atoms with Gasteiger partial charge < -0.3 is 15.2 Å². The number of carbonyl (C=O) groups is 2. The standard InChI is InChI=1S/C22H19N3O4/c26-21(27)11-19(20-12-23-9-10-24-20)25-22(28)29-13-18-16-7-3-1-5-14(16)15-6-2-4-8-17(15)18/h1-10,12,18-19H,11,13H2,(H,25,28)(H,26,27)/t19-/m1/s1. The van der Waals surface area contributed by atoms with Crippen LogP contribution in [-0.4, -0.2) is 33.7 Å². The van der Waals surface area contributed by atoms with Gasteiger partial charge in [-0.2, -0.15) is 0 Å². The fraction of sp³-hybridized carbons (Fsp3) is 0.182. The van der Waals surface area contributed by atoms with Gasteiger partial charge in [-0.05, 0) is 22.3 Å². The van der Waals surface area contributed by atoms with Crippen molar-refractivity contribution in [3.8, 4) is 11.1 Å². The molecule has 0 aliphatic heterocycles. The summed E-state index contributed by atoms with van der Waals surface area (Å²) >= 11 is 0. The number of carboxylic acid groups (broad SMARTS) is 1. The Balaban J connectivity index is 1.47. The lowest BCUT2D eigenvalue weighted by molar-refractivity contribution is -0.137. The lowest BCUT2D eigenvalue weighted by Crippen LogP contribution is -2.32. The van der Waals surface area contributed by atoms with Gasteiger partial charge in [-0.1, -0.05) is 48.5 Å². The van der Waals surface area contributed by atoms with Gasteiger partial charge in [0.25, 0.3) is 0 Å². The quantitative estimate of drug-likeness (QED) is 0.669. The van der Waals surface area contributed by atoms with Crippen molar-refractivity contribution < 1.29 is 19.4 Å². The zero-order valence-electron chi connectivity index (χ0n) is 15.5. The van der Waals surface area contributed by atoms with E-state index in [2.05, 4.69) is 27.4 Å². The third-order valence-corrected chi connectivity index (χ3v) is 4.95. The number of hydrogen-bond donors (Lipinski definition) is 2. The van der Waals surface area contributed by atoms with Crippen molar-refractivity contribution in [3.05, 3.63) is 83.9 Å². The molecule has 1 atom stereocenters. The van der Waals surface area contributed by atoms with Crippen LogP contribution in [0.3, 0.4) is 0 Å². The van der Waals surface area contributed by atoms with Gasteiger partial charge in [-0.15, -0.1) is 0 Å². The molecule has 0 radical (unpaired) electrons. The van der Waals surface area contributed by atoms with Gasteiger partial charge in [0.05, 0.1) is 24.4 Å². The minimum Gasteiger partial charge on any atom is -0.481 e. The lowest BCUT2D eigenvalue weighted by atomic mass is 9.98. The van der Waals surface area contributed by atoms with Gasteiger partial charge >= 0.3 is 12.1 Å². The third-order valence-electron chi connectivity index (χ3n) is 4.95. The van der Waals surface area contributed by atoms with E-state index in [9.17, 15) is 9.59 Å². The summed E-state index contributed by atoms with van der Waals surface area (Å²) in [5.41, 5.74) is 4.86. The Morgan fingerprint density at radius 2 is 1.69 bits per heavy atom. The van der Waals surface area contributed by atoms with Gasteiger partial charge in [0, 0.05) is 18.3 Å². The number of aliphatic carboxylic acids is 1. The first-order chi connectivity index (χ1) is 14.1. The second-order valence-electron chi connectivity index (χ2n) is 6.75. The summed E-state index contributed by atoms with van der Waals surface area (Å²) in [6, 6.07) is 15.3. The number of nitrogens with zero attached hydrogens (tertiary/aromatic N) is 2. The number of alkyl carbamates (subject to hydrolysis) is 1. The fourth-order valence-electron chi connectivity index (χ4n) is 3.68.